The first-order valence-corrected chi connectivity index (χ1v) is 18.3. The van der Waals surface area contributed by atoms with E-state index in [0.29, 0.717) is 23.5 Å². The smallest absolute Gasteiger partial charge is 0.252 e. The van der Waals surface area contributed by atoms with Crippen LogP contribution < -0.4 is 31.7 Å². The number of hydrogen-bond donors (Lipinski definition) is 4. The molecule has 1 aliphatic rings. The van der Waals surface area contributed by atoms with Gasteiger partial charge in [-0.2, -0.15) is 23.5 Å². The van der Waals surface area contributed by atoms with E-state index in [9.17, 15) is 9.59 Å². The Labute approximate surface area is 352 Å². The van der Waals surface area contributed by atoms with Gasteiger partial charge >= 0.3 is 0 Å². The van der Waals surface area contributed by atoms with Gasteiger partial charge in [-0.3, -0.25) is 9.59 Å². The summed E-state index contributed by atoms with van der Waals surface area (Å²) in [4.78, 5) is 44.4. The van der Waals surface area contributed by atoms with E-state index in [1.807, 2.05) is 114 Å². The summed E-state index contributed by atoms with van der Waals surface area (Å²) in [6.07, 6.45) is 6.72. The fourth-order valence-corrected chi connectivity index (χ4v) is 6.86. The van der Waals surface area contributed by atoms with E-state index in [2.05, 4.69) is 42.4 Å². The first-order valence-electron chi connectivity index (χ1n) is 18.3. The zero-order valence-corrected chi connectivity index (χ0v) is 32.6. The normalized spacial score (nSPS) is 11.7. The molecule has 4 heterocycles. The monoisotopic (exact) mass is 812 g/mol. The number of carbonyl (C=O) groups excluding carboxylic acids is 2. The lowest BCUT2D eigenvalue weighted by molar-refractivity contribution is 0.0933. The van der Waals surface area contributed by atoms with Gasteiger partial charge in [0.2, 0.25) is 11.9 Å². The van der Waals surface area contributed by atoms with Gasteiger partial charge in [-0.1, -0.05) is 76.4 Å². The highest BCUT2D eigenvalue weighted by atomic mass is 32.1. The number of methoxy groups -OCH3 is 1. The number of benzene rings is 4. The molecule has 14 heteroatoms. The molecule has 4 aromatic carbocycles. The van der Waals surface area contributed by atoms with Gasteiger partial charge in [0.05, 0.1) is 18.7 Å². The molecule has 13 nitrogen and oxygen atoms in total. The Bertz CT molecular complexity index is 2490. The molecule has 0 spiro atoms. The van der Waals surface area contributed by atoms with Gasteiger partial charge in [0.1, 0.15) is 17.4 Å². The lowest BCUT2D eigenvalue weighted by atomic mass is 10.0. The number of hydrogen-bond acceptors (Lipinski definition) is 10. The minimum atomic E-state index is -0.0961. The molecule has 0 radical (unpaired) electrons. The molecule has 0 saturated carbocycles. The SMILES string of the molecule is C.C.CC[C@H](NC(=O)c1cccc2c1ccn2-c1ccnc(N)n1)c1ccccc1.COc1cccc(CNC(=O)c2cccc3c2CCN3c2ccnc(N)n2)c1.S. The first-order chi connectivity index (χ1) is 27.3. The molecule has 0 aliphatic carbocycles. The fraction of sp³-hybridized carbons (Fsp3) is 0.200. The van der Waals surface area contributed by atoms with Crippen molar-refractivity contribution >= 4 is 59.6 Å². The highest BCUT2D eigenvalue weighted by Gasteiger charge is 2.26. The van der Waals surface area contributed by atoms with Crippen molar-refractivity contribution in [1.82, 2.24) is 35.1 Å². The summed E-state index contributed by atoms with van der Waals surface area (Å²) >= 11 is 0. The van der Waals surface area contributed by atoms with Crippen LogP contribution in [-0.4, -0.2) is 50.0 Å². The van der Waals surface area contributed by atoms with Crippen LogP contribution >= 0.6 is 13.5 Å². The summed E-state index contributed by atoms with van der Waals surface area (Å²) in [5.74, 6) is 2.42. The Morgan fingerprint density at radius 2 is 1.47 bits per heavy atom. The summed E-state index contributed by atoms with van der Waals surface area (Å²) in [5.41, 5.74) is 17.7. The molecule has 0 fully saturated rings. The fourth-order valence-electron chi connectivity index (χ4n) is 6.86. The summed E-state index contributed by atoms with van der Waals surface area (Å²) in [6, 6.07) is 34.6. The third-order valence-corrected chi connectivity index (χ3v) is 9.59. The maximum Gasteiger partial charge on any atom is 0.252 e. The van der Waals surface area contributed by atoms with E-state index < -0.39 is 0 Å². The lowest BCUT2D eigenvalue weighted by Gasteiger charge is -2.18. The van der Waals surface area contributed by atoms with E-state index in [-0.39, 0.29) is 58.1 Å². The van der Waals surface area contributed by atoms with Crippen molar-refractivity contribution in [2.24, 2.45) is 0 Å². The van der Waals surface area contributed by atoms with Gasteiger partial charge in [0.25, 0.3) is 11.8 Å². The highest BCUT2D eigenvalue weighted by Crippen LogP contribution is 2.35. The topological polar surface area (TPSA) is 179 Å². The number of amides is 2. The molecule has 2 amide bonds. The maximum atomic E-state index is 13.0. The molecular formula is C45H52N10O3S. The van der Waals surface area contributed by atoms with Crippen LogP contribution in [0.1, 0.15) is 71.6 Å². The number of fused-ring (bicyclic) bond motifs is 2. The maximum absolute atomic E-state index is 13.0. The predicted molar refractivity (Wildman–Crippen MR) is 242 cm³/mol. The Morgan fingerprint density at radius 3 is 2.19 bits per heavy atom. The number of aromatic nitrogens is 5. The van der Waals surface area contributed by atoms with Gasteiger partial charge in [-0.05, 0) is 84.1 Å². The van der Waals surface area contributed by atoms with Crippen LogP contribution in [0.2, 0.25) is 0 Å². The van der Waals surface area contributed by atoms with Crippen LogP contribution in [0.3, 0.4) is 0 Å². The van der Waals surface area contributed by atoms with E-state index in [1.54, 1.807) is 25.6 Å². The van der Waals surface area contributed by atoms with Gasteiger partial charge in [0.15, 0.2) is 0 Å². The number of nitrogens with zero attached hydrogens (tertiary/aromatic N) is 6. The van der Waals surface area contributed by atoms with E-state index >= 15 is 0 Å². The number of nitrogens with one attached hydrogen (secondary N) is 2. The highest BCUT2D eigenvalue weighted by molar-refractivity contribution is 7.59. The standard InChI is InChI=1S/C22H21N5O.C21H21N5O2.2CH4.H2S/c1-2-18(15-7-4-3-5-8-15)25-21(28)17-9-6-10-19-16(17)12-14-27(19)20-11-13-24-22(23)26-20;1-28-15-5-2-4-14(12-15)13-24-20(27)17-6-3-7-18-16(17)9-11-26(18)19-8-10-23-21(22)25-19;;;/h3-14,18H,2H2,1H3,(H,25,28)(H2,23,24,26);2-8,10,12H,9,11,13H2,1H3,(H,24,27)(H2,22,23,25);2*1H4;1H2/t18-;;;;/m0..../s1. The number of anilines is 4. The van der Waals surface area contributed by atoms with Crippen LogP contribution in [0.4, 0.5) is 23.4 Å². The van der Waals surface area contributed by atoms with E-state index in [1.165, 1.54) is 0 Å². The second-order valence-electron chi connectivity index (χ2n) is 13.1. The Kier molecular flexibility index (Phi) is 15.5. The molecule has 7 aromatic rings. The largest absolute Gasteiger partial charge is 0.497 e. The first kappa shape index (κ1) is 44.8. The van der Waals surface area contributed by atoms with Crippen molar-refractivity contribution in [3.8, 4) is 11.6 Å². The Hall–Kier alpha value is -6.93. The van der Waals surface area contributed by atoms with Crippen molar-refractivity contribution < 1.29 is 14.3 Å². The lowest BCUT2D eigenvalue weighted by Crippen LogP contribution is -2.28. The van der Waals surface area contributed by atoms with Gasteiger partial charge < -0.3 is 36.3 Å². The van der Waals surface area contributed by atoms with Gasteiger partial charge in [-0.25, -0.2) is 9.97 Å². The second kappa shape index (κ2) is 20.5. The van der Waals surface area contributed by atoms with Gasteiger partial charge in [-0.15, -0.1) is 0 Å². The number of nitrogens with two attached hydrogens (primary N) is 2. The van der Waals surface area contributed by atoms with E-state index in [4.69, 9.17) is 16.2 Å². The molecule has 0 unspecified atom stereocenters. The molecule has 1 aliphatic heterocycles. The molecule has 306 valence electrons. The van der Waals surface area contributed by atoms with Crippen molar-refractivity contribution in [3.05, 3.63) is 156 Å². The Morgan fingerprint density at radius 1 is 0.797 bits per heavy atom. The minimum Gasteiger partial charge on any atom is -0.497 e. The average Bonchev–Trinajstić information content (AvgIpc) is 3.88. The van der Waals surface area contributed by atoms with Gasteiger partial charge in [0, 0.05) is 53.9 Å². The van der Waals surface area contributed by atoms with Crippen LogP contribution in [0, 0.1) is 0 Å². The number of nitrogen functional groups attached to an aromatic ring is 2. The zero-order valence-electron chi connectivity index (χ0n) is 31.6. The average molecular weight is 813 g/mol. The second-order valence-corrected chi connectivity index (χ2v) is 13.1. The number of carbonyl (C=O) groups is 2. The summed E-state index contributed by atoms with van der Waals surface area (Å²) in [6.45, 7) is 3.24. The predicted octanol–water partition coefficient (Wildman–Crippen LogP) is 7.96. The minimum absolute atomic E-state index is 0. The third-order valence-electron chi connectivity index (χ3n) is 9.59. The summed E-state index contributed by atoms with van der Waals surface area (Å²) in [7, 11) is 1.63. The van der Waals surface area contributed by atoms with Crippen LogP contribution in [-0.2, 0) is 13.0 Å². The molecular weight excluding hydrogens is 761 g/mol. The van der Waals surface area contributed by atoms with Crippen LogP contribution in [0.5, 0.6) is 5.75 Å². The molecule has 59 heavy (non-hydrogen) atoms. The quantitative estimate of drug-likeness (QED) is 0.106. The van der Waals surface area contributed by atoms with Crippen molar-refractivity contribution in [1.29, 1.82) is 0 Å². The molecule has 6 N–H and O–H groups in total. The Balaban J connectivity index is 0.000000248. The molecule has 0 bridgehead atoms. The van der Waals surface area contributed by atoms with Crippen molar-refractivity contribution in [2.45, 2.75) is 47.2 Å². The summed E-state index contributed by atoms with van der Waals surface area (Å²) in [5, 5.41) is 7.02. The zero-order chi connectivity index (χ0) is 39.0. The van der Waals surface area contributed by atoms with E-state index in [0.717, 1.165) is 64.2 Å². The molecule has 8 rings (SSSR count). The van der Waals surface area contributed by atoms with Crippen molar-refractivity contribution in [2.75, 3.05) is 30.0 Å². The molecule has 0 saturated heterocycles. The van der Waals surface area contributed by atoms with Crippen LogP contribution in [0.25, 0.3) is 16.7 Å². The molecule has 3 aromatic heterocycles. The number of rotatable bonds is 10. The summed E-state index contributed by atoms with van der Waals surface area (Å²) < 4.78 is 7.13. The number of ether oxygens (including phenoxy) is 1. The molecule has 1 atom stereocenters. The van der Waals surface area contributed by atoms with Crippen LogP contribution in [0.15, 0.2) is 128 Å². The third kappa shape index (κ3) is 10.1. The van der Waals surface area contributed by atoms with Crippen molar-refractivity contribution in [3.63, 3.8) is 0 Å².